The predicted molar refractivity (Wildman–Crippen MR) is 95.7 cm³/mol. The number of benzene rings is 1. The van der Waals surface area contributed by atoms with E-state index in [-0.39, 0.29) is 5.82 Å². The summed E-state index contributed by atoms with van der Waals surface area (Å²) in [7, 11) is 0. The summed E-state index contributed by atoms with van der Waals surface area (Å²) in [5.74, 6) is -0.0413. The Balaban J connectivity index is 3.12. The van der Waals surface area contributed by atoms with Crippen molar-refractivity contribution in [1.82, 2.24) is 0 Å². The number of aryl methyl sites for hydroxylation is 1. The Hall–Kier alpha value is -0.0513. The summed E-state index contributed by atoms with van der Waals surface area (Å²) < 4.78 is 19.6. The monoisotopic (exact) mass is 400 g/mol. The average molecular weight is 399 g/mol. The van der Waals surface area contributed by atoms with Gasteiger partial charge in [0, 0.05) is 0 Å². The first-order chi connectivity index (χ1) is 10.1. The molecule has 21 heavy (non-hydrogen) atoms. The molecule has 0 spiro atoms. The van der Waals surface area contributed by atoms with Crippen molar-refractivity contribution in [1.29, 1.82) is 0 Å². The van der Waals surface area contributed by atoms with Crippen LogP contribution in [0.4, 0.5) is 4.39 Å². The molecule has 0 N–H and O–H groups in total. The van der Waals surface area contributed by atoms with Crippen molar-refractivity contribution in [3.05, 3.63) is 29.6 Å². The van der Waals surface area contributed by atoms with Crippen LogP contribution in [0.5, 0.6) is 0 Å². The average Bonchev–Trinajstić information content (AvgIpc) is 2.50. The van der Waals surface area contributed by atoms with E-state index in [9.17, 15) is 4.39 Å². The predicted octanol–water partition coefficient (Wildman–Crippen LogP) is 6.19. The van der Waals surface area contributed by atoms with Gasteiger partial charge in [-0.1, -0.05) is 0 Å². The quantitative estimate of drug-likeness (QED) is 0.412. The van der Waals surface area contributed by atoms with Crippen LogP contribution in [0.25, 0.3) is 0 Å². The summed E-state index contributed by atoms with van der Waals surface area (Å²) in [6.07, 6.45) is 7.95. The Bertz CT molecular complexity index is 392. The molecule has 0 fully saturated rings. The van der Waals surface area contributed by atoms with E-state index in [1.54, 1.807) is 9.65 Å². The second-order valence-corrected chi connectivity index (χ2v) is 19.8. The Morgan fingerprint density at radius 1 is 0.857 bits per heavy atom. The standard InChI is InChI=1S/C7H6F.3C4H9.Sn/c1-6-4-2-3-5-7(6)8;3*1-3-4-2;/h3-5H,1H3;3*1,3-4H2,2H3;. The van der Waals surface area contributed by atoms with E-state index in [4.69, 9.17) is 0 Å². The Labute approximate surface area is 135 Å². The Kier molecular flexibility index (Phi) is 8.92. The number of rotatable bonds is 10. The summed E-state index contributed by atoms with van der Waals surface area (Å²) in [6.45, 7) is 8.82. The van der Waals surface area contributed by atoms with Crippen LogP contribution < -0.4 is 3.58 Å². The molecule has 0 saturated carbocycles. The van der Waals surface area contributed by atoms with Gasteiger partial charge in [0.1, 0.15) is 0 Å². The van der Waals surface area contributed by atoms with E-state index in [1.807, 2.05) is 6.92 Å². The normalized spacial score (nSPS) is 11.9. The van der Waals surface area contributed by atoms with E-state index in [0.29, 0.717) is 0 Å². The summed E-state index contributed by atoms with van der Waals surface area (Å²) in [5.41, 5.74) is 0.845. The first-order valence-electron chi connectivity index (χ1n) is 8.86. The zero-order valence-corrected chi connectivity index (χ0v) is 17.3. The van der Waals surface area contributed by atoms with Crippen LogP contribution in [0.15, 0.2) is 18.2 Å². The molecular formula is C19H33FSn. The molecule has 0 aliphatic carbocycles. The van der Waals surface area contributed by atoms with E-state index in [0.717, 1.165) is 5.56 Å². The Morgan fingerprint density at radius 2 is 1.33 bits per heavy atom. The van der Waals surface area contributed by atoms with Crippen molar-refractivity contribution in [3.8, 4) is 0 Å². The number of hydrogen-bond donors (Lipinski definition) is 0. The molecule has 0 atom stereocenters. The van der Waals surface area contributed by atoms with Crippen molar-refractivity contribution in [2.75, 3.05) is 0 Å². The molecule has 0 radical (unpaired) electrons. The fourth-order valence-electron chi connectivity index (χ4n) is 3.33. The third kappa shape index (κ3) is 5.58. The molecule has 0 nitrogen and oxygen atoms in total. The molecule has 0 heterocycles. The number of unbranched alkanes of at least 4 members (excludes halogenated alkanes) is 3. The van der Waals surface area contributed by atoms with Crippen LogP contribution in [0, 0.1) is 12.7 Å². The maximum absolute atomic E-state index is 13.7. The van der Waals surface area contributed by atoms with Gasteiger partial charge >= 0.3 is 135 Å². The van der Waals surface area contributed by atoms with Gasteiger partial charge < -0.3 is 0 Å². The maximum atomic E-state index is 13.7. The van der Waals surface area contributed by atoms with Crippen LogP contribution in [-0.2, 0) is 0 Å². The molecule has 1 rings (SSSR count). The molecule has 120 valence electrons. The first-order valence-corrected chi connectivity index (χ1v) is 16.3. The van der Waals surface area contributed by atoms with E-state index < -0.39 is 18.4 Å². The molecule has 0 unspecified atom stereocenters. The van der Waals surface area contributed by atoms with Gasteiger partial charge in [-0.2, -0.15) is 0 Å². The van der Waals surface area contributed by atoms with Gasteiger partial charge in [0.2, 0.25) is 0 Å². The third-order valence-electron chi connectivity index (χ3n) is 4.80. The van der Waals surface area contributed by atoms with Crippen molar-refractivity contribution in [3.63, 3.8) is 0 Å². The Morgan fingerprint density at radius 3 is 1.71 bits per heavy atom. The van der Waals surface area contributed by atoms with Gasteiger partial charge in [0.15, 0.2) is 0 Å². The zero-order chi connectivity index (χ0) is 15.7. The van der Waals surface area contributed by atoms with Crippen LogP contribution >= 0.6 is 0 Å². The van der Waals surface area contributed by atoms with Gasteiger partial charge in [-0.3, -0.25) is 0 Å². The molecule has 0 bridgehead atoms. The topological polar surface area (TPSA) is 0 Å². The molecule has 0 aromatic heterocycles. The minimum absolute atomic E-state index is 0.0413. The van der Waals surface area contributed by atoms with Gasteiger partial charge in [-0.25, -0.2) is 0 Å². The van der Waals surface area contributed by atoms with Crippen molar-refractivity contribution in [2.24, 2.45) is 0 Å². The molecule has 2 heteroatoms. The molecule has 0 aliphatic heterocycles. The number of halogens is 1. The summed E-state index contributed by atoms with van der Waals surface area (Å²) in [4.78, 5) is 0. The first kappa shape index (κ1) is 19.0. The van der Waals surface area contributed by atoms with Gasteiger partial charge in [-0.05, 0) is 0 Å². The van der Waals surface area contributed by atoms with E-state index in [1.165, 1.54) is 51.8 Å². The fraction of sp³-hybridized carbons (Fsp3) is 0.684. The zero-order valence-electron chi connectivity index (χ0n) is 14.5. The van der Waals surface area contributed by atoms with E-state index in [2.05, 4.69) is 32.9 Å². The molecule has 1 aromatic rings. The van der Waals surface area contributed by atoms with Crippen molar-refractivity contribution in [2.45, 2.75) is 79.5 Å². The van der Waals surface area contributed by atoms with E-state index >= 15 is 0 Å². The second-order valence-electron chi connectivity index (χ2n) is 6.55. The summed E-state index contributed by atoms with van der Waals surface area (Å²) in [6, 6.07) is 6.06. The molecule has 0 saturated heterocycles. The molecule has 0 amide bonds. The fourth-order valence-corrected chi connectivity index (χ4v) is 19.5. The summed E-state index contributed by atoms with van der Waals surface area (Å²) in [5, 5.41) is 0. The van der Waals surface area contributed by atoms with Crippen LogP contribution in [0.3, 0.4) is 0 Å². The summed E-state index contributed by atoms with van der Waals surface area (Å²) >= 11 is -2.34. The van der Waals surface area contributed by atoms with Crippen LogP contribution in [-0.4, -0.2) is 18.4 Å². The molecular weight excluding hydrogens is 366 g/mol. The molecule has 1 aromatic carbocycles. The van der Waals surface area contributed by atoms with Gasteiger partial charge in [0.05, 0.1) is 0 Å². The van der Waals surface area contributed by atoms with Gasteiger partial charge in [-0.15, -0.1) is 0 Å². The van der Waals surface area contributed by atoms with Crippen LogP contribution in [0.2, 0.25) is 13.3 Å². The van der Waals surface area contributed by atoms with Crippen molar-refractivity contribution < 1.29 is 4.39 Å². The third-order valence-corrected chi connectivity index (χ3v) is 20.4. The second kappa shape index (κ2) is 9.86. The molecule has 0 aliphatic rings. The SMILES string of the molecule is CCC[CH2][Sn]([CH2]CCC)([CH2]CCC)[c]1ccc(F)c(C)c1. The van der Waals surface area contributed by atoms with Gasteiger partial charge in [0.25, 0.3) is 0 Å². The van der Waals surface area contributed by atoms with Crippen LogP contribution in [0.1, 0.15) is 64.9 Å². The number of hydrogen-bond acceptors (Lipinski definition) is 0. The van der Waals surface area contributed by atoms with Crippen molar-refractivity contribution >= 4 is 22.0 Å². The minimum atomic E-state index is -2.34.